The fraction of sp³-hybridized carbons (Fsp3) is 0.125. The van der Waals surface area contributed by atoms with Gasteiger partial charge >= 0.3 is 6.03 Å². The number of carbonyl (C=O) groups is 1. The molecule has 0 saturated heterocycles. The molecular formula is C16H16N4O. The Morgan fingerprint density at radius 2 is 1.43 bits per heavy atom. The van der Waals surface area contributed by atoms with E-state index < -0.39 is 0 Å². The molecule has 5 heteroatoms. The molecule has 0 spiro atoms. The number of hydrogen-bond donors (Lipinski definition) is 2. The van der Waals surface area contributed by atoms with E-state index in [2.05, 4.69) is 10.6 Å². The highest BCUT2D eigenvalue weighted by molar-refractivity contribution is 5.99. The lowest BCUT2D eigenvalue weighted by Crippen LogP contribution is -2.19. The second-order valence-corrected chi connectivity index (χ2v) is 4.71. The van der Waals surface area contributed by atoms with Gasteiger partial charge in [0.1, 0.15) is 0 Å². The first-order chi connectivity index (χ1) is 10.1. The smallest absolute Gasteiger partial charge is 0.323 e. The number of nitrogens with one attached hydrogen (secondary N) is 2. The number of nitriles is 1. The molecule has 21 heavy (non-hydrogen) atoms. The van der Waals surface area contributed by atoms with Crippen LogP contribution in [-0.2, 0) is 0 Å². The van der Waals surface area contributed by atoms with E-state index in [9.17, 15) is 4.79 Å². The Labute approximate surface area is 123 Å². The number of nitrogens with zero attached hydrogens (tertiary/aromatic N) is 2. The normalized spacial score (nSPS) is 9.57. The van der Waals surface area contributed by atoms with Crippen molar-refractivity contribution in [3.05, 3.63) is 54.1 Å². The van der Waals surface area contributed by atoms with Crippen LogP contribution in [0.5, 0.6) is 0 Å². The van der Waals surface area contributed by atoms with E-state index in [0.29, 0.717) is 16.9 Å². The van der Waals surface area contributed by atoms with Crippen molar-refractivity contribution in [2.45, 2.75) is 0 Å². The Morgan fingerprint density at radius 1 is 0.952 bits per heavy atom. The maximum atomic E-state index is 11.9. The fourth-order valence-corrected chi connectivity index (χ4v) is 1.76. The molecule has 0 unspecified atom stereocenters. The molecule has 0 saturated carbocycles. The number of carbonyl (C=O) groups excluding carboxylic acids is 1. The summed E-state index contributed by atoms with van der Waals surface area (Å²) in [4.78, 5) is 13.8. The van der Waals surface area contributed by atoms with Crippen LogP contribution in [0.1, 0.15) is 5.56 Å². The molecule has 5 nitrogen and oxygen atoms in total. The maximum Gasteiger partial charge on any atom is 0.323 e. The number of hydrogen-bond acceptors (Lipinski definition) is 3. The molecular weight excluding hydrogens is 264 g/mol. The zero-order valence-electron chi connectivity index (χ0n) is 11.9. The Morgan fingerprint density at radius 3 is 1.86 bits per heavy atom. The molecule has 0 radical (unpaired) electrons. The summed E-state index contributed by atoms with van der Waals surface area (Å²) in [6, 6.07) is 15.9. The van der Waals surface area contributed by atoms with Gasteiger partial charge in [-0.3, -0.25) is 0 Å². The van der Waals surface area contributed by atoms with Crippen LogP contribution in [0.2, 0.25) is 0 Å². The van der Waals surface area contributed by atoms with Gasteiger partial charge in [-0.2, -0.15) is 5.26 Å². The lowest BCUT2D eigenvalue weighted by molar-refractivity contribution is 0.262. The largest absolute Gasteiger partial charge is 0.378 e. The molecule has 0 aliphatic carbocycles. The van der Waals surface area contributed by atoms with Crippen molar-refractivity contribution in [3.8, 4) is 6.07 Å². The van der Waals surface area contributed by atoms with Gasteiger partial charge in [-0.05, 0) is 48.5 Å². The number of rotatable bonds is 3. The average molecular weight is 280 g/mol. The molecule has 0 aliphatic rings. The minimum Gasteiger partial charge on any atom is -0.378 e. The highest BCUT2D eigenvalue weighted by Gasteiger charge is 2.03. The van der Waals surface area contributed by atoms with Crippen molar-refractivity contribution in [3.63, 3.8) is 0 Å². The highest BCUT2D eigenvalue weighted by Crippen LogP contribution is 2.16. The Hall–Kier alpha value is -3.00. The van der Waals surface area contributed by atoms with Crippen LogP contribution in [0.4, 0.5) is 21.9 Å². The molecule has 106 valence electrons. The van der Waals surface area contributed by atoms with Crippen LogP contribution in [0.15, 0.2) is 48.5 Å². The average Bonchev–Trinajstić information content (AvgIpc) is 2.48. The van der Waals surface area contributed by atoms with Gasteiger partial charge in [0, 0.05) is 31.2 Å². The molecule has 0 bridgehead atoms. The van der Waals surface area contributed by atoms with Crippen LogP contribution in [0.25, 0.3) is 0 Å². The molecule has 0 aliphatic heterocycles. The van der Waals surface area contributed by atoms with E-state index in [1.54, 1.807) is 24.3 Å². The van der Waals surface area contributed by atoms with Crippen molar-refractivity contribution in [2.24, 2.45) is 0 Å². The van der Waals surface area contributed by atoms with Crippen molar-refractivity contribution >= 4 is 23.1 Å². The van der Waals surface area contributed by atoms with Crippen LogP contribution in [0, 0.1) is 11.3 Å². The van der Waals surface area contributed by atoms with Gasteiger partial charge in [0.05, 0.1) is 11.6 Å². The topological polar surface area (TPSA) is 68.2 Å². The number of amides is 2. The third-order valence-corrected chi connectivity index (χ3v) is 2.91. The number of anilines is 3. The highest BCUT2D eigenvalue weighted by atomic mass is 16.2. The van der Waals surface area contributed by atoms with Gasteiger partial charge < -0.3 is 15.5 Å². The van der Waals surface area contributed by atoms with E-state index >= 15 is 0 Å². The first-order valence-electron chi connectivity index (χ1n) is 6.44. The standard InChI is InChI=1S/C16H16N4O/c1-20(2)15-9-7-14(8-10-15)19-16(21)18-13-5-3-12(11-17)4-6-13/h3-10H,1-2H3,(H2,18,19,21). The summed E-state index contributed by atoms with van der Waals surface area (Å²) in [5.41, 5.74) is 2.97. The number of urea groups is 1. The van der Waals surface area contributed by atoms with Crippen LogP contribution in [-0.4, -0.2) is 20.1 Å². The fourth-order valence-electron chi connectivity index (χ4n) is 1.76. The molecule has 0 heterocycles. The summed E-state index contributed by atoms with van der Waals surface area (Å²) < 4.78 is 0. The quantitative estimate of drug-likeness (QED) is 0.906. The first-order valence-corrected chi connectivity index (χ1v) is 6.44. The minimum atomic E-state index is -0.322. The second kappa shape index (κ2) is 6.44. The molecule has 0 atom stereocenters. The maximum absolute atomic E-state index is 11.9. The van der Waals surface area contributed by atoms with Gasteiger partial charge in [0.25, 0.3) is 0 Å². The van der Waals surface area contributed by atoms with E-state index in [1.807, 2.05) is 49.3 Å². The third-order valence-electron chi connectivity index (χ3n) is 2.91. The molecule has 2 N–H and O–H groups in total. The summed E-state index contributed by atoms with van der Waals surface area (Å²) in [6.07, 6.45) is 0. The van der Waals surface area contributed by atoms with Gasteiger partial charge in [-0.25, -0.2) is 4.79 Å². The van der Waals surface area contributed by atoms with Gasteiger partial charge in [0.2, 0.25) is 0 Å². The summed E-state index contributed by atoms with van der Waals surface area (Å²) in [5.74, 6) is 0. The summed E-state index contributed by atoms with van der Waals surface area (Å²) in [6.45, 7) is 0. The van der Waals surface area contributed by atoms with E-state index in [-0.39, 0.29) is 6.03 Å². The predicted octanol–water partition coefficient (Wildman–Crippen LogP) is 3.27. The molecule has 2 rings (SSSR count). The summed E-state index contributed by atoms with van der Waals surface area (Å²) >= 11 is 0. The summed E-state index contributed by atoms with van der Waals surface area (Å²) in [7, 11) is 3.92. The van der Waals surface area contributed by atoms with Gasteiger partial charge in [-0.1, -0.05) is 0 Å². The van der Waals surface area contributed by atoms with Crippen LogP contribution >= 0.6 is 0 Å². The summed E-state index contributed by atoms with van der Waals surface area (Å²) in [5, 5.41) is 14.2. The van der Waals surface area contributed by atoms with Crippen molar-refractivity contribution in [1.29, 1.82) is 5.26 Å². The molecule has 2 aromatic carbocycles. The Kier molecular flexibility index (Phi) is 4.42. The lowest BCUT2D eigenvalue weighted by atomic mass is 10.2. The SMILES string of the molecule is CN(C)c1ccc(NC(=O)Nc2ccc(C#N)cc2)cc1. The van der Waals surface area contributed by atoms with Crippen molar-refractivity contribution in [1.82, 2.24) is 0 Å². The Balaban J connectivity index is 1.96. The van der Waals surface area contributed by atoms with Crippen molar-refractivity contribution in [2.75, 3.05) is 29.6 Å². The Bertz CT molecular complexity index is 654. The van der Waals surface area contributed by atoms with E-state index in [1.165, 1.54) is 0 Å². The van der Waals surface area contributed by atoms with Gasteiger partial charge in [0.15, 0.2) is 0 Å². The van der Waals surface area contributed by atoms with Crippen LogP contribution in [0.3, 0.4) is 0 Å². The minimum absolute atomic E-state index is 0.322. The molecule has 2 amide bonds. The molecule has 0 aromatic heterocycles. The van der Waals surface area contributed by atoms with E-state index in [0.717, 1.165) is 5.69 Å². The predicted molar refractivity (Wildman–Crippen MR) is 84.6 cm³/mol. The zero-order chi connectivity index (χ0) is 15.2. The molecule has 2 aromatic rings. The van der Waals surface area contributed by atoms with E-state index in [4.69, 9.17) is 5.26 Å². The van der Waals surface area contributed by atoms with Crippen molar-refractivity contribution < 1.29 is 4.79 Å². The van der Waals surface area contributed by atoms with Crippen LogP contribution < -0.4 is 15.5 Å². The monoisotopic (exact) mass is 280 g/mol. The second-order valence-electron chi connectivity index (χ2n) is 4.71. The van der Waals surface area contributed by atoms with Gasteiger partial charge in [-0.15, -0.1) is 0 Å². The number of benzene rings is 2. The molecule has 0 fully saturated rings. The zero-order valence-corrected chi connectivity index (χ0v) is 11.9. The lowest BCUT2D eigenvalue weighted by Gasteiger charge is -2.13. The third kappa shape index (κ3) is 3.98. The first kappa shape index (κ1) is 14.4.